The summed E-state index contributed by atoms with van der Waals surface area (Å²) < 4.78 is 32.1. The molecule has 0 bridgehead atoms. The molecule has 0 atom stereocenters. The number of nitrogens with zero attached hydrogens (tertiary/aromatic N) is 3. The number of morpholine rings is 1. The van der Waals surface area contributed by atoms with E-state index in [0.29, 0.717) is 58.2 Å². The first-order valence-corrected chi connectivity index (χ1v) is 13.4. The van der Waals surface area contributed by atoms with E-state index in [4.69, 9.17) is 4.74 Å². The lowest BCUT2D eigenvalue weighted by molar-refractivity contribution is -0.138. The molecular weight excluding hydrogens is 444 g/mol. The number of hydrogen-bond acceptors (Lipinski definition) is 6. The van der Waals surface area contributed by atoms with Crippen molar-refractivity contribution in [2.75, 3.05) is 64.3 Å². The van der Waals surface area contributed by atoms with Crippen LogP contribution in [0.1, 0.15) is 32.1 Å². The summed E-state index contributed by atoms with van der Waals surface area (Å²) in [6.07, 6.45) is 5.55. The number of sulfonamides is 1. The molecular formula is C23H34N4O5S. The van der Waals surface area contributed by atoms with Crippen LogP contribution in [0.4, 0.5) is 5.69 Å². The molecule has 1 saturated carbocycles. The largest absolute Gasteiger partial charge is 0.379 e. The molecule has 33 heavy (non-hydrogen) atoms. The first kappa shape index (κ1) is 24.1. The van der Waals surface area contributed by atoms with Crippen LogP contribution in [0.15, 0.2) is 29.2 Å². The maximum absolute atomic E-state index is 12.7. The molecule has 0 aromatic heterocycles. The van der Waals surface area contributed by atoms with Crippen LogP contribution < -0.4 is 5.32 Å². The molecule has 3 fully saturated rings. The minimum absolute atomic E-state index is 0.147. The van der Waals surface area contributed by atoms with E-state index in [0.717, 1.165) is 25.7 Å². The SMILES string of the molecule is O=C(CN1CCN(C(=O)C2CCCCC2)CC1)Nc1ccc(S(=O)(=O)N2CCOCC2)cc1. The van der Waals surface area contributed by atoms with Crippen molar-refractivity contribution >= 4 is 27.5 Å². The molecule has 2 heterocycles. The highest BCUT2D eigenvalue weighted by atomic mass is 32.2. The van der Waals surface area contributed by atoms with Gasteiger partial charge in [0.1, 0.15) is 0 Å². The third-order valence-electron chi connectivity index (χ3n) is 6.75. The number of nitrogens with one attached hydrogen (secondary N) is 1. The molecule has 1 aliphatic carbocycles. The van der Waals surface area contributed by atoms with Gasteiger partial charge in [-0.2, -0.15) is 4.31 Å². The maximum atomic E-state index is 12.7. The second-order valence-corrected chi connectivity index (χ2v) is 11.0. The Balaban J connectivity index is 1.23. The Bertz CT molecular complexity index is 917. The van der Waals surface area contributed by atoms with Crippen LogP contribution in [-0.4, -0.2) is 93.4 Å². The number of piperazine rings is 1. The quantitative estimate of drug-likeness (QED) is 0.663. The summed E-state index contributed by atoms with van der Waals surface area (Å²) in [6.45, 7) is 4.44. The normalized spacial score (nSPS) is 21.6. The van der Waals surface area contributed by atoms with Crippen molar-refractivity contribution < 1.29 is 22.7 Å². The third kappa shape index (κ3) is 6.11. The molecule has 9 nitrogen and oxygen atoms in total. The first-order valence-electron chi connectivity index (χ1n) is 11.9. The Morgan fingerprint density at radius 3 is 2.18 bits per heavy atom. The van der Waals surface area contributed by atoms with E-state index in [9.17, 15) is 18.0 Å². The number of benzene rings is 1. The van der Waals surface area contributed by atoms with Gasteiger partial charge < -0.3 is 15.0 Å². The van der Waals surface area contributed by atoms with Gasteiger partial charge in [-0.1, -0.05) is 19.3 Å². The Kier molecular flexibility index (Phi) is 8.00. The first-order chi connectivity index (χ1) is 15.9. The van der Waals surface area contributed by atoms with Gasteiger partial charge in [-0.25, -0.2) is 8.42 Å². The van der Waals surface area contributed by atoms with Crippen LogP contribution in [0.25, 0.3) is 0 Å². The highest BCUT2D eigenvalue weighted by molar-refractivity contribution is 7.89. The Morgan fingerprint density at radius 2 is 1.55 bits per heavy atom. The van der Waals surface area contributed by atoms with Crippen molar-refractivity contribution in [3.05, 3.63) is 24.3 Å². The summed E-state index contributed by atoms with van der Waals surface area (Å²) in [6, 6.07) is 6.28. The van der Waals surface area contributed by atoms with Gasteiger partial charge in [-0.3, -0.25) is 14.5 Å². The Labute approximate surface area is 196 Å². The van der Waals surface area contributed by atoms with Gasteiger partial charge >= 0.3 is 0 Å². The van der Waals surface area contributed by atoms with Crippen molar-refractivity contribution in [3.8, 4) is 0 Å². The van der Waals surface area contributed by atoms with Gasteiger partial charge in [0.05, 0.1) is 24.7 Å². The van der Waals surface area contributed by atoms with Crippen LogP contribution in [0.2, 0.25) is 0 Å². The zero-order chi connectivity index (χ0) is 23.3. The standard InChI is InChI=1S/C23H34N4O5S/c28-22(18-25-10-12-26(13-11-25)23(29)19-4-2-1-3-5-19)24-20-6-8-21(9-7-20)33(30,31)27-14-16-32-17-15-27/h6-9,19H,1-5,10-18H2,(H,24,28). The fourth-order valence-corrected chi connectivity index (χ4v) is 6.19. The number of amides is 2. The molecule has 3 aliphatic rings. The minimum Gasteiger partial charge on any atom is -0.379 e. The van der Waals surface area contributed by atoms with Crippen LogP contribution in [0, 0.1) is 5.92 Å². The smallest absolute Gasteiger partial charge is 0.243 e. The lowest BCUT2D eigenvalue weighted by Gasteiger charge is -2.36. The van der Waals surface area contributed by atoms with Gasteiger partial charge in [-0.05, 0) is 37.1 Å². The second kappa shape index (κ2) is 10.9. The van der Waals surface area contributed by atoms with Crippen molar-refractivity contribution in [3.63, 3.8) is 0 Å². The van der Waals surface area contributed by atoms with E-state index in [1.807, 2.05) is 4.90 Å². The highest BCUT2D eigenvalue weighted by Crippen LogP contribution is 2.26. The van der Waals surface area contributed by atoms with Gasteiger partial charge in [0.25, 0.3) is 0 Å². The molecule has 10 heteroatoms. The van der Waals surface area contributed by atoms with E-state index in [1.165, 1.54) is 22.9 Å². The second-order valence-electron chi connectivity index (χ2n) is 9.03. The molecule has 0 radical (unpaired) electrons. The predicted octanol–water partition coefficient (Wildman–Crippen LogP) is 1.37. The minimum atomic E-state index is -3.55. The molecule has 1 N–H and O–H groups in total. The summed E-state index contributed by atoms with van der Waals surface area (Å²) in [4.78, 5) is 29.4. The molecule has 2 aliphatic heterocycles. The maximum Gasteiger partial charge on any atom is 0.243 e. The number of rotatable bonds is 6. The van der Waals surface area contributed by atoms with Crippen molar-refractivity contribution in [2.24, 2.45) is 5.92 Å². The summed E-state index contributed by atoms with van der Waals surface area (Å²) in [5.74, 6) is 0.320. The molecule has 2 saturated heterocycles. The zero-order valence-electron chi connectivity index (χ0n) is 19.1. The summed E-state index contributed by atoms with van der Waals surface area (Å²) in [5, 5.41) is 2.84. The molecule has 1 aromatic rings. The van der Waals surface area contributed by atoms with E-state index in [2.05, 4.69) is 10.2 Å². The van der Waals surface area contributed by atoms with Gasteiger partial charge in [-0.15, -0.1) is 0 Å². The monoisotopic (exact) mass is 478 g/mol. The van der Waals surface area contributed by atoms with E-state index < -0.39 is 10.0 Å². The van der Waals surface area contributed by atoms with Gasteiger partial charge in [0.15, 0.2) is 0 Å². The van der Waals surface area contributed by atoms with Crippen LogP contribution in [-0.2, 0) is 24.3 Å². The fraction of sp³-hybridized carbons (Fsp3) is 0.652. The summed E-state index contributed by atoms with van der Waals surface area (Å²) in [7, 11) is -3.55. The number of hydrogen-bond donors (Lipinski definition) is 1. The van der Waals surface area contributed by atoms with E-state index in [-0.39, 0.29) is 29.2 Å². The van der Waals surface area contributed by atoms with Crippen LogP contribution in [0.3, 0.4) is 0 Å². The topological polar surface area (TPSA) is 99.3 Å². The fourth-order valence-electron chi connectivity index (χ4n) is 4.78. The van der Waals surface area contributed by atoms with E-state index in [1.54, 1.807) is 12.1 Å². The lowest BCUT2D eigenvalue weighted by Crippen LogP contribution is -2.52. The molecule has 0 unspecified atom stereocenters. The molecule has 0 spiro atoms. The Morgan fingerprint density at radius 1 is 0.909 bits per heavy atom. The van der Waals surface area contributed by atoms with Crippen molar-refractivity contribution in [2.45, 2.75) is 37.0 Å². The zero-order valence-corrected chi connectivity index (χ0v) is 19.9. The average molecular weight is 479 g/mol. The number of ether oxygens (including phenoxy) is 1. The van der Waals surface area contributed by atoms with Crippen LogP contribution in [0.5, 0.6) is 0 Å². The lowest BCUT2D eigenvalue weighted by atomic mass is 9.88. The van der Waals surface area contributed by atoms with E-state index >= 15 is 0 Å². The van der Waals surface area contributed by atoms with Crippen molar-refractivity contribution in [1.29, 1.82) is 0 Å². The van der Waals surface area contributed by atoms with Gasteiger partial charge in [0, 0.05) is 50.9 Å². The Hall–Kier alpha value is -2.01. The van der Waals surface area contributed by atoms with Crippen LogP contribution >= 0.6 is 0 Å². The number of anilines is 1. The molecule has 1 aromatic carbocycles. The summed E-state index contributed by atoms with van der Waals surface area (Å²) in [5.41, 5.74) is 0.562. The average Bonchev–Trinajstić information content (AvgIpc) is 2.85. The third-order valence-corrected chi connectivity index (χ3v) is 8.66. The van der Waals surface area contributed by atoms with Crippen molar-refractivity contribution in [1.82, 2.24) is 14.1 Å². The number of carbonyl (C=O) groups is 2. The predicted molar refractivity (Wildman–Crippen MR) is 124 cm³/mol. The molecule has 2 amide bonds. The van der Waals surface area contributed by atoms with Gasteiger partial charge in [0.2, 0.25) is 21.8 Å². The number of carbonyl (C=O) groups excluding carboxylic acids is 2. The molecule has 182 valence electrons. The summed E-state index contributed by atoms with van der Waals surface area (Å²) >= 11 is 0. The highest BCUT2D eigenvalue weighted by Gasteiger charge is 2.29. The molecule has 4 rings (SSSR count).